The molecule has 21 heavy (non-hydrogen) atoms. The van der Waals surface area contributed by atoms with Gasteiger partial charge in [-0.2, -0.15) is 16.8 Å². The van der Waals surface area contributed by atoms with Crippen LogP contribution in [0.5, 0.6) is 0 Å². The summed E-state index contributed by atoms with van der Waals surface area (Å²) in [6.07, 6.45) is 1.89. The van der Waals surface area contributed by atoms with Crippen LogP contribution in [0, 0.1) is 0 Å². The fourth-order valence-corrected chi connectivity index (χ4v) is 2.22. The third-order valence-electron chi connectivity index (χ3n) is 2.33. The number of hydrogen-bond donors (Lipinski definition) is 2. The van der Waals surface area contributed by atoms with Gasteiger partial charge in [0, 0.05) is 12.4 Å². The summed E-state index contributed by atoms with van der Waals surface area (Å²) in [4.78, 5) is 6.86. The van der Waals surface area contributed by atoms with Gasteiger partial charge in [0.2, 0.25) is 0 Å². The SMILES string of the molecule is O=S(=O)(O)c1ccc(-c2ccc(S(=O)(=O)O)cn2)nc1.[NaH]. The topological polar surface area (TPSA) is 135 Å². The summed E-state index contributed by atoms with van der Waals surface area (Å²) in [6, 6.07) is 4.88. The molecule has 2 rings (SSSR count). The number of pyridine rings is 2. The van der Waals surface area contributed by atoms with E-state index >= 15 is 0 Å². The van der Waals surface area contributed by atoms with Gasteiger partial charge in [-0.15, -0.1) is 0 Å². The van der Waals surface area contributed by atoms with Gasteiger partial charge in [-0.1, -0.05) is 0 Å². The van der Waals surface area contributed by atoms with Crippen molar-refractivity contribution in [1.29, 1.82) is 0 Å². The van der Waals surface area contributed by atoms with Crippen LogP contribution in [0.4, 0.5) is 0 Å². The Hall–Kier alpha value is -0.880. The van der Waals surface area contributed by atoms with Crippen LogP contribution in [-0.4, -0.2) is 65.5 Å². The normalized spacial score (nSPS) is 11.7. The molecule has 0 aliphatic rings. The van der Waals surface area contributed by atoms with Crippen molar-refractivity contribution >= 4 is 49.8 Å². The molecule has 0 aliphatic carbocycles. The predicted molar refractivity (Wildman–Crippen MR) is 74.2 cm³/mol. The van der Waals surface area contributed by atoms with Gasteiger partial charge in [0.15, 0.2) is 0 Å². The molecule has 8 nitrogen and oxygen atoms in total. The van der Waals surface area contributed by atoms with E-state index in [0.29, 0.717) is 0 Å². The van der Waals surface area contributed by atoms with Crippen LogP contribution in [0.25, 0.3) is 11.4 Å². The fraction of sp³-hybridized carbons (Fsp3) is 0. The van der Waals surface area contributed by atoms with E-state index in [1.807, 2.05) is 0 Å². The number of nitrogens with zero attached hydrogens (tertiary/aromatic N) is 2. The Balaban J connectivity index is 0.00000220. The summed E-state index contributed by atoms with van der Waals surface area (Å²) in [5.74, 6) is 0. The molecule has 0 saturated heterocycles. The molecule has 0 fully saturated rings. The number of rotatable bonds is 3. The van der Waals surface area contributed by atoms with Gasteiger partial charge in [0.05, 0.1) is 11.4 Å². The van der Waals surface area contributed by atoms with Crippen LogP contribution in [0.3, 0.4) is 0 Å². The van der Waals surface area contributed by atoms with Gasteiger partial charge in [-0.05, 0) is 24.3 Å². The summed E-state index contributed by atoms with van der Waals surface area (Å²) in [5.41, 5.74) is 0.554. The summed E-state index contributed by atoms with van der Waals surface area (Å²) < 4.78 is 61.0. The van der Waals surface area contributed by atoms with Crippen LogP contribution >= 0.6 is 0 Å². The first kappa shape index (κ1) is 18.2. The average molecular weight is 340 g/mol. The third-order valence-corrected chi connectivity index (χ3v) is 4.01. The second kappa shape index (κ2) is 6.48. The fourth-order valence-electron chi connectivity index (χ4n) is 1.37. The van der Waals surface area contributed by atoms with Gasteiger partial charge < -0.3 is 0 Å². The van der Waals surface area contributed by atoms with Gasteiger partial charge in [0.25, 0.3) is 20.2 Å². The third kappa shape index (κ3) is 4.54. The molecular formula is C10H9N2NaO6S2. The average Bonchev–Trinajstić information content (AvgIpc) is 2.37. The van der Waals surface area contributed by atoms with Gasteiger partial charge in [-0.25, -0.2) is 0 Å². The molecule has 2 aromatic rings. The Morgan fingerprint density at radius 1 is 0.714 bits per heavy atom. The van der Waals surface area contributed by atoms with Crippen molar-refractivity contribution in [2.45, 2.75) is 9.79 Å². The minimum absolute atomic E-state index is 0. The van der Waals surface area contributed by atoms with E-state index in [2.05, 4.69) is 9.97 Å². The van der Waals surface area contributed by atoms with Crippen LogP contribution in [0.1, 0.15) is 0 Å². The summed E-state index contributed by atoms with van der Waals surface area (Å²) >= 11 is 0. The molecule has 0 spiro atoms. The zero-order valence-electron chi connectivity index (χ0n) is 9.70. The van der Waals surface area contributed by atoms with Crippen molar-refractivity contribution in [2.24, 2.45) is 0 Å². The molecule has 0 saturated carbocycles. The molecule has 0 amide bonds. The minimum atomic E-state index is -4.32. The first-order valence-corrected chi connectivity index (χ1v) is 7.93. The van der Waals surface area contributed by atoms with Crippen molar-refractivity contribution in [3.8, 4) is 11.4 Å². The monoisotopic (exact) mass is 340 g/mol. The van der Waals surface area contributed by atoms with Crippen molar-refractivity contribution in [2.75, 3.05) is 0 Å². The standard InChI is InChI=1S/C10H8N2O6S2.Na.H/c13-19(14,15)7-1-3-9(11-5-7)10-4-2-8(6-12-10)20(16,17)18;;/h1-6H,(H,13,14,15)(H,16,17,18);;. The Bertz CT molecular complexity index is 759. The van der Waals surface area contributed by atoms with Crippen molar-refractivity contribution < 1.29 is 25.9 Å². The van der Waals surface area contributed by atoms with Gasteiger partial charge >= 0.3 is 29.6 Å². The maximum atomic E-state index is 10.8. The second-order valence-corrected chi connectivity index (χ2v) is 6.55. The molecule has 11 heteroatoms. The molecule has 0 bridgehead atoms. The molecule has 2 N–H and O–H groups in total. The molecular weight excluding hydrogens is 331 g/mol. The molecule has 0 aromatic carbocycles. The molecule has 0 aliphatic heterocycles. The predicted octanol–water partition coefficient (Wildman–Crippen LogP) is -0.0115. The summed E-state index contributed by atoms with van der Waals surface area (Å²) in [6.45, 7) is 0. The number of aromatic nitrogens is 2. The van der Waals surface area contributed by atoms with E-state index in [9.17, 15) is 16.8 Å². The second-order valence-electron chi connectivity index (χ2n) is 3.71. The van der Waals surface area contributed by atoms with Gasteiger partial charge in [0.1, 0.15) is 9.79 Å². The van der Waals surface area contributed by atoms with Crippen LogP contribution in [-0.2, 0) is 20.2 Å². The Morgan fingerprint density at radius 3 is 1.24 bits per heavy atom. The molecule has 0 radical (unpaired) electrons. The van der Waals surface area contributed by atoms with Gasteiger partial charge in [-0.3, -0.25) is 19.1 Å². The van der Waals surface area contributed by atoms with E-state index in [1.165, 1.54) is 12.1 Å². The maximum absolute atomic E-state index is 10.8. The van der Waals surface area contributed by atoms with Crippen LogP contribution < -0.4 is 0 Å². The Morgan fingerprint density at radius 2 is 1.05 bits per heavy atom. The zero-order valence-corrected chi connectivity index (χ0v) is 11.3. The molecule has 0 atom stereocenters. The van der Waals surface area contributed by atoms with Crippen molar-refractivity contribution in [3.63, 3.8) is 0 Å². The molecule has 2 aromatic heterocycles. The molecule has 0 unspecified atom stereocenters. The van der Waals surface area contributed by atoms with E-state index < -0.39 is 20.2 Å². The summed E-state index contributed by atoms with van der Waals surface area (Å²) in [5, 5.41) is 0. The first-order chi connectivity index (χ1) is 9.18. The zero-order chi connectivity index (χ0) is 15.0. The van der Waals surface area contributed by atoms with E-state index in [0.717, 1.165) is 24.5 Å². The first-order valence-electron chi connectivity index (χ1n) is 5.05. The number of hydrogen-bond acceptors (Lipinski definition) is 6. The quantitative estimate of drug-likeness (QED) is 0.588. The Labute approximate surface area is 143 Å². The van der Waals surface area contributed by atoms with Crippen LogP contribution in [0.2, 0.25) is 0 Å². The van der Waals surface area contributed by atoms with E-state index in [-0.39, 0.29) is 50.7 Å². The van der Waals surface area contributed by atoms with Crippen molar-refractivity contribution in [1.82, 2.24) is 9.97 Å². The van der Waals surface area contributed by atoms with E-state index in [4.69, 9.17) is 9.11 Å². The summed E-state index contributed by atoms with van der Waals surface area (Å²) in [7, 11) is -8.65. The molecule has 2 heterocycles. The molecule has 108 valence electrons. The Kier molecular flexibility index (Phi) is 5.61. The van der Waals surface area contributed by atoms with Crippen molar-refractivity contribution in [3.05, 3.63) is 36.7 Å². The van der Waals surface area contributed by atoms with E-state index in [1.54, 1.807) is 0 Å². The van der Waals surface area contributed by atoms with Crippen LogP contribution in [0.15, 0.2) is 46.5 Å².